The van der Waals surface area contributed by atoms with E-state index in [2.05, 4.69) is 0 Å². The lowest BCUT2D eigenvalue weighted by atomic mass is 9.99. The third kappa shape index (κ3) is 5.42. The van der Waals surface area contributed by atoms with Gasteiger partial charge in [-0.2, -0.15) is 8.42 Å². The SMILES string of the molecule is CCCCCC(OS(=O)(=O)c1ccc(C)cc1)C(C)C(=O)O. The molecular formula is C16H24O5S. The van der Waals surface area contributed by atoms with Gasteiger partial charge >= 0.3 is 5.97 Å². The number of carboxylic acid groups (broad SMARTS) is 1. The lowest BCUT2D eigenvalue weighted by Gasteiger charge is -2.21. The first-order valence-corrected chi connectivity index (χ1v) is 8.91. The molecule has 2 atom stereocenters. The van der Waals surface area contributed by atoms with Crippen LogP contribution in [0.5, 0.6) is 0 Å². The van der Waals surface area contributed by atoms with Gasteiger partial charge in [0.05, 0.1) is 16.9 Å². The summed E-state index contributed by atoms with van der Waals surface area (Å²) < 4.78 is 29.8. The first-order valence-electron chi connectivity index (χ1n) is 7.50. The van der Waals surface area contributed by atoms with E-state index in [1.807, 2.05) is 13.8 Å². The zero-order valence-corrected chi connectivity index (χ0v) is 14.1. The van der Waals surface area contributed by atoms with Gasteiger partial charge in [0.25, 0.3) is 10.1 Å². The number of hydrogen-bond acceptors (Lipinski definition) is 4. The molecule has 22 heavy (non-hydrogen) atoms. The maximum absolute atomic E-state index is 12.3. The Hall–Kier alpha value is -1.40. The quantitative estimate of drug-likeness (QED) is 0.555. The topological polar surface area (TPSA) is 80.7 Å². The van der Waals surface area contributed by atoms with E-state index in [1.165, 1.54) is 19.1 Å². The molecule has 1 N–H and O–H groups in total. The highest BCUT2D eigenvalue weighted by atomic mass is 32.2. The first kappa shape index (κ1) is 18.6. The van der Waals surface area contributed by atoms with Crippen molar-refractivity contribution in [3.63, 3.8) is 0 Å². The van der Waals surface area contributed by atoms with Gasteiger partial charge < -0.3 is 5.11 Å². The van der Waals surface area contributed by atoms with Crippen molar-refractivity contribution in [2.75, 3.05) is 0 Å². The molecule has 1 rings (SSSR count). The fourth-order valence-electron chi connectivity index (χ4n) is 2.06. The Bertz CT molecular complexity index is 577. The molecule has 0 saturated carbocycles. The minimum Gasteiger partial charge on any atom is -0.481 e. The summed E-state index contributed by atoms with van der Waals surface area (Å²) in [5, 5.41) is 9.14. The summed E-state index contributed by atoms with van der Waals surface area (Å²) in [6.45, 7) is 5.36. The molecule has 0 aliphatic carbocycles. The maximum atomic E-state index is 12.3. The monoisotopic (exact) mass is 328 g/mol. The Kier molecular flexibility index (Phi) is 7.03. The summed E-state index contributed by atoms with van der Waals surface area (Å²) >= 11 is 0. The number of carbonyl (C=O) groups is 1. The molecule has 0 aromatic heterocycles. The lowest BCUT2D eigenvalue weighted by Crippen LogP contribution is -2.30. The minimum absolute atomic E-state index is 0.0520. The Balaban J connectivity index is 2.90. The van der Waals surface area contributed by atoms with Crippen LogP contribution in [0.25, 0.3) is 0 Å². The molecule has 0 aliphatic rings. The molecule has 6 heteroatoms. The maximum Gasteiger partial charge on any atom is 0.308 e. The van der Waals surface area contributed by atoms with Crippen molar-refractivity contribution in [3.05, 3.63) is 29.8 Å². The van der Waals surface area contributed by atoms with Crippen molar-refractivity contribution in [2.45, 2.75) is 57.5 Å². The standard InChI is InChI=1S/C16H24O5S/c1-4-5-6-7-15(13(3)16(17)18)21-22(19,20)14-10-8-12(2)9-11-14/h8-11,13,15H,4-7H2,1-3H3,(H,17,18). The van der Waals surface area contributed by atoms with Crippen molar-refractivity contribution in [1.82, 2.24) is 0 Å². The number of carboxylic acids is 1. The third-order valence-electron chi connectivity index (χ3n) is 3.60. The average Bonchev–Trinajstić information content (AvgIpc) is 2.46. The Labute approximate surface area is 132 Å². The van der Waals surface area contributed by atoms with Gasteiger partial charge in [-0.05, 0) is 32.4 Å². The second-order valence-corrected chi connectivity index (χ2v) is 7.10. The number of rotatable bonds is 9. The third-order valence-corrected chi connectivity index (χ3v) is 4.95. The predicted octanol–water partition coefficient (Wildman–Crippen LogP) is 3.37. The first-order chi connectivity index (χ1) is 10.3. The van der Waals surface area contributed by atoms with Gasteiger partial charge in [0, 0.05) is 0 Å². The molecule has 0 amide bonds. The van der Waals surface area contributed by atoms with E-state index in [-0.39, 0.29) is 4.90 Å². The molecule has 1 aromatic rings. The largest absolute Gasteiger partial charge is 0.481 e. The van der Waals surface area contributed by atoms with Crippen molar-refractivity contribution in [2.24, 2.45) is 5.92 Å². The molecule has 124 valence electrons. The zero-order valence-electron chi connectivity index (χ0n) is 13.3. The summed E-state index contributed by atoms with van der Waals surface area (Å²) in [6.07, 6.45) is 2.18. The Morgan fingerprint density at radius 2 is 1.82 bits per heavy atom. The molecule has 0 aliphatic heterocycles. The Morgan fingerprint density at radius 3 is 2.32 bits per heavy atom. The summed E-state index contributed by atoms with van der Waals surface area (Å²) in [6, 6.07) is 6.31. The van der Waals surface area contributed by atoms with Crippen LogP contribution in [0.15, 0.2) is 29.2 Å². The van der Waals surface area contributed by atoms with Crippen LogP contribution < -0.4 is 0 Å². The van der Waals surface area contributed by atoms with Gasteiger partial charge in [-0.25, -0.2) is 0 Å². The molecule has 0 fully saturated rings. The highest BCUT2D eigenvalue weighted by Crippen LogP contribution is 2.22. The van der Waals surface area contributed by atoms with Crippen molar-refractivity contribution >= 4 is 16.1 Å². The van der Waals surface area contributed by atoms with E-state index in [9.17, 15) is 13.2 Å². The van der Waals surface area contributed by atoms with Gasteiger partial charge in [0.2, 0.25) is 0 Å². The molecular weight excluding hydrogens is 304 g/mol. The van der Waals surface area contributed by atoms with E-state index in [1.54, 1.807) is 12.1 Å². The average molecular weight is 328 g/mol. The number of hydrogen-bond donors (Lipinski definition) is 1. The van der Waals surface area contributed by atoms with Crippen LogP contribution >= 0.6 is 0 Å². The fourth-order valence-corrected chi connectivity index (χ4v) is 3.23. The van der Waals surface area contributed by atoms with Crippen LogP contribution in [0.4, 0.5) is 0 Å². The second-order valence-electron chi connectivity index (χ2n) is 5.52. The molecule has 0 bridgehead atoms. The molecule has 0 heterocycles. The second kappa shape index (κ2) is 8.29. The molecule has 5 nitrogen and oxygen atoms in total. The van der Waals surface area contributed by atoms with E-state index < -0.39 is 28.1 Å². The van der Waals surface area contributed by atoms with Crippen molar-refractivity contribution in [1.29, 1.82) is 0 Å². The molecule has 1 aromatic carbocycles. The summed E-state index contributed by atoms with van der Waals surface area (Å²) in [4.78, 5) is 11.2. The van der Waals surface area contributed by atoms with E-state index in [0.29, 0.717) is 6.42 Å². The number of benzene rings is 1. The normalized spacial score (nSPS) is 14.5. The highest BCUT2D eigenvalue weighted by Gasteiger charge is 2.29. The molecule has 0 radical (unpaired) electrons. The number of aryl methyl sites for hydroxylation is 1. The fraction of sp³-hybridized carbons (Fsp3) is 0.562. The number of aliphatic carboxylic acids is 1. The number of unbranched alkanes of at least 4 members (excludes halogenated alkanes) is 2. The summed E-state index contributed by atoms with van der Waals surface area (Å²) in [5.41, 5.74) is 0.942. The zero-order chi connectivity index (χ0) is 16.8. The van der Waals surface area contributed by atoms with Crippen LogP contribution in [0.1, 0.15) is 45.1 Å². The smallest absolute Gasteiger partial charge is 0.308 e. The summed E-state index contributed by atoms with van der Waals surface area (Å²) in [5.74, 6) is -1.93. The van der Waals surface area contributed by atoms with Gasteiger partial charge in [-0.1, -0.05) is 43.9 Å². The molecule has 2 unspecified atom stereocenters. The molecule has 0 spiro atoms. The van der Waals surface area contributed by atoms with E-state index in [0.717, 1.165) is 24.8 Å². The van der Waals surface area contributed by atoms with Crippen molar-refractivity contribution < 1.29 is 22.5 Å². The van der Waals surface area contributed by atoms with E-state index in [4.69, 9.17) is 9.29 Å². The van der Waals surface area contributed by atoms with Crippen LogP contribution in [-0.2, 0) is 19.1 Å². The van der Waals surface area contributed by atoms with Crippen LogP contribution in [-0.4, -0.2) is 25.6 Å². The van der Waals surface area contributed by atoms with Crippen LogP contribution in [0.2, 0.25) is 0 Å². The summed E-state index contributed by atoms with van der Waals surface area (Å²) in [7, 11) is -3.96. The minimum atomic E-state index is -3.96. The molecule has 0 saturated heterocycles. The predicted molar refractivity (Wildman–Crippen MR) is 84.2 cm³/mol. The van der Waals surface area contributed by atoms with Crippen LogP contribution in [0, 0.1) is 12.8 Å². The Morgan fingerprint density at radius 1 is 1.23 bits per heavy atom. The van der Waals surface area contributed by atoms with Gasteiger partial charge in [0.1, 0.15) is 0 Å². The van der Waals surface area contributed by atoms with Crippen molar-refractivity contribution in [3.8, 4) is 0 Å². The van der Waals surface area contributed by atoms with Crippen LogP contribution in [0.3, 0.4) is 0 Å². The van der Waals surface area contributed by atoms with E-state index >= 15 is 0 Å². The van der Waals surface area contributed by atoms with Gasteiger partial charge in [0.15, 0.2) is 0 Å². The van der Waals surface area contributed by atoms with Gasteiger partial charge in [-0.3, -0.25) is 8.98 Å². The highest BCUT2D eigenvalue weighted by molar-refractivity contribution is 7.86. The van der Waals surface area contributed by atoms with Gasteiger partial charge in [-0.15, -0.1) is 0 Å². The lowest BCUT2D eigenvalue weighted by molar-refractivity contribution is -0.144.